The highest BCUT2D eigenvalue weighted by Crippen LogP contribution is 2.48. The monoisotopic (exact) mass is 536 g/mol. The highest BCUT2D eigenvalue weighted by atomic mass is 35.5. The Hall–Kier alpha value is -2.57. The van der Waals surface area contributed by atoms with Crippen LogP contribution in [0.15, 0.2) is 57.0 Å². The van der Waals surface area contributed by atoms with Crippen LogP contribution in [0.25, 0.3) is 27.3 Å². The van der Waals surface area contributed by atoms with Gasteiger partial charge in [0, 0.05) is 27.6 Å². The number of hydrogen-bond donors (Lipinski definition) is 1. The van der Waals surface area contributed by atoms with Gasteiger partial charge in [0.25, 0.3) is 10.5 Å². The van der Waals surface area contributed by atoms with E-state index in [1.54, 1.807) is 23.0 Å². The van der Waals surface area contributed by atoms with Crippen molar-refractivity contribution >= 4 is 83.7 Å². The molecule has 1 N–H and O–H groups in total. The number of carboxylic acid groups (broad SMARTS) is 1. The molecular weight excluding hydrogens is 520 g/mol. The van der Waals surface area contributed by atoms with Crippen molar-refractivity contribution in [2.24, 2.45) is 0 Å². The molecule has 0 amide bonds. The molecule has 12 heteroatoms. The Morgan fingerprint density at radius 3 is 2.85 bits per heavy atom. The highest BCUT2D eigenvalue weighted by molar-refractivity contribution is 8.03. The van der Waals surface area contributed by atoms with Gasteiger partial charge in [0.05, 0.1) is 33.2 Å². The van der Waals surface area contributed by atoms with Crippen molar-refractivity contribution in [3.8, 4) is 0 Å². The number of anilines is 1. The molecule has 0 aliphatic carbocycles. The maximum Gasteiger partial charge on any atom is 0.370 e. The zero-order chi connectivity index (χ0) is 24.0. The largest absolute Gasteiger partial charge is 0.748 e. The van der Waals surface area contributed by atoms with E-state index in [1.807, 2.05) is 35.2 Å². The lowest BCUT2D eigenvalue weighted by atomic mass is 10.2. The van der Waals surface area contributed by atoms with Crippen molar-refractivity contribution < 1.29 is 31.9 Å². The molecule has 0 saturated heterocycles. The van der Waals surface area contributed by atoms with Crippen LogP contribution in [-0.4, -0.2) is 36.3 Å². The zero-order valence-electron chi connectivity index (χ0n) is 17.4. The first-order chi connectivity index (χ1) is 16.2. The van der Waals surface area contributed by atoms with Crippen LogP contribution in [0, 0.1) is 0 Å². The molecule has 1 aliphatic heterocycles. The van der Waals surface area contributed by atoms with E-state index in [4.69, 9.17) is 16.0 Å². The molecule has 1 aliphatic rings. The number of fused-ring (bicyclic) bond motifs is 4. The van der Waals surface area contributed by atoms with Crippen molar-refractivity contribution in [1.82, 2.24) is 0 Å². The molecule has 0 atom stereocenters. The number of thiazole rings is 1. The molecule has 0 fully saturated rings. The standard InChI is InChI=1S/C22H17ClN2O6S3/c23-14-3-5-16-15(10-14)24(7-1-9-34(28,29)30)18(32-16)11-19-25(12-20(26)27)21-17(33-19)4-2-13-6-8-31-22(13)21/h2-6,8,10-11H,1,7,9,12H2,(H-,26,27,28,29,30). The molecule has 2 aromatic carbocycles. The Balaban J connectivity index is 1.62. The molecule has 8 nitrogen and oxygen atoms in total. The molecule has 0 spiro atoms. The van der Waals surface area contributed by atoms with Crippen LogP contribution in [0.4, 0.5) is 5.69 Å². The van der Waals surface area contributed by atoms with Crippen LogP contribution >= 0.6 is 34.7 Å². The molecule has 34 heavy (non-hydrogen) atoms. The molecular formula is C22H17ClN2O6S3. The first kappa shape index (κ1) is 23.2. The van der Waals surface area contributed by atoms with Gasteiger partial charge in [-0.2, -0.15) is 4.57 Å². The minimum atomic E-state index is -4.34. The zero-order valence-corrected chi connectivity index (χ0v) is 20.6. The van der Waals surface area contributed by atoms with E-state index in [0.717, 1.165) is 25.7 Å². The number of rotatable bonds is 7. The number of aliphatic carboxylic acids is 1. The van der Waals surface area contributed by atoms with Gasteiger partial charge in [-0.05, 0) is 42.8 Å². The SMILES string of the molecule is O=C(O)C[n+]1c(/C=C2\Sc3ccc(Cl)cc3N2CCCS(=O)(=O)[O-])sc2ccc3ccoc3c21. The van der Waals surface area contributed by atoms with Crippen LogP contribution in [0.5, 0.6) is 0 Å². The molecule has 3 heterocycles. The normalized spacial score (nSPS) is 15.0. The highest BCUT2D eigenvalue weighted by Gasteiger charge is 2.30. The minimum absolute atomic E-state index is 0.143. The number of thioether (sulfide) groups is 1. The van der Waals surface area contributed by atoms with E-state index < -0.39 is 21.8 Å². The lowest BCUT2D eigenvalue weighted by molar-refractivity contribution is -0.656. The second-order valence-electron chi connectivity index (χ2n) is 7.64. The number of halogens is 1. The fourth-order valence-corrected chi connectivity index (χ4v) is 6.86. The number of benzene rings is 2. The summed E-state index contributed by atoms with van der Waals surface area (Å²) in [6.07, 6.45) is 3.60. The maximum absolute atomic E-state index is 11.7. The lowest BCUT2D eigenvalue weighted by Gasteiger charge is -2.20. The third kappa shape index (κ3) is 4.53. The van der Waals surface area contributed by atoms with E-state index >= 15 is 0 Å². The molecule has 0 saturated carbocycles. The van der Waals surface area contributed by atoms with Crippen molar-refractivity contribution in [2.45, 2.75) is 17.9 Å². The van der Waals surface area contributed by atoms with Gasteiger partial charge in [-0.1, -0.05) is 34.7 Å². The van der Waals surface area contributed by atoms with Gasteiger partial charge >= 0.3 is 5.97 Å². The molecule has 0 unspecified atom stereocenters. The summed E-state index contributed by atoms with van der Waals surface area (Å²) in [6, 6.07) is 11.1. The summed E-state index contributed by atoms with van der Waals surface area (Å²) in [5.41, 5.74) is 2.13. The summed E-state index contributed by atoms with van der Waals surface area (Å²) < 4.78 is 41.6. The van der Waals surface area contributed by atoms with Gasteiger partial charge in [0.15, 0.2) is 0 Å². The predicted octanol–water partition coefficient (Wildman–Crippen LogP) is 4.52. The average molecular weight is 537 g/mol. The van der Waals surface area contributed by atoms with Crippen LogP contribution in [0.3, 0.4) is 0 Å². The van der Waals surface area contributed by atoms with Gasteiger partial charge in [0.1, 0.15) is 4.70 Å². The average Bonchev–Trinajstić information content (AvgIpc) is 3.43. The van der Waals surface area contributed by atoms with Crippen LogP contribution in [0.2, 0.25) is 5.02 Å². The Bertz CT molecular complexity index is 1570. The van der Waals surface area contributed by atoms with Crippen molar-refractivity contribution in [2.75, 3.05) is 17.2 Å². The minimum Gasteiger partial charge on any atom is -0.748 e. The summed E-state index contributed by atoms with van der Waals surface area (Å²) in [6.45, 7) is 0.0384. The molecule has 176 valence electrons. The molecule has 5 rings (SSSR count). The van der Waals surface area contributed by atoms with Crippen LogP contribution in [-0.2, 0) is 21.5 Å². The lowest BCUT2D eigenvalue weighted by Crippen LogP contribution is -2.39. The summed E-state index contributed by atoms with van der Waals surface area (Å²) in [5.74, 6) is -1.46. The van der Waals surface area contributed by atoms with Gasteiger partial charge in [0.2, 0.25) is 12.1 Å². The Morgan fingerprint density at radius 2 is 2.09 bits per heavy atom. The fourth-order valence-electron chi connectivity index (χ4n) is 3.93. The topological polar surface area (TPSA) is 115 Å². The number of aromatic nitrogens is 1. The third-order valence-corrected chi connectivity index (χ3v) is 8.55. The van der Waals surface area contributed by atoms with Gasteiger partial charge in [-0.3, -0.25) is 0 Å². The van der Waals surface area contributed by atoms with Gasteiger partial charge in [-0.15, -0.1) is 0 Å². The summed E-state index contributed by atoms with van der Waals surface area (Å²) in [4.78, 5) is 14.5. The smallest absolute Gasteiger partial charge is 0.370 e. The number of carboxylic acids is 1. The predicted molar refractivity (Wildman–Crippen MR) is 131 cm³/mol. The summed E-state index contributed by atoms with van der Waals surface area (Å²) in [5, 5.41) is 12.5. The van der Waals surface area contributed by atoms with Crippen molar-refractivity contribution in [3.63, 3.8) is 0 Å². The van der Waals surface area contributed by atoms with E-state index in [9.17, 15) is 22.9 Å². The molecule has 0 bridgehead atoms. The third-order valence-electron chi connectivity index (χ3n) is 5.32. The van der Waals surface area contributed by atoms with Crippen molar-refractivity contribution in [1.29, 1.82) is 0 Å². The second kappa shape index (κ2) is 8.90. The number of hydrogen-bond acceptors (Lipinski definition) is 8. The van der Waals surface area contributed by atoms with Crippen LogP contribution in [0.1, 0.15) is 11.4 Å². The first-order valence-corrected chi connectivity index (χ1v) is 13.7. The number of nitrogens with zero attached hydrogens (tertiary/aromatic N) is 2. The van der Waals surface area contributed by atoms with Crippen LogP contribution < -0.4 is 9.47 Å². The van der Waals surface area contributed by atoms with E-state index in [0.29, 0.717) is 27.7 Å². The summed E-state index contributed by atoms with van der Waals surface area (Å²) >= 11 is 9.11. The Morgan fingerprint density at radius 1 is 1.26 bits per heavy atom. The summed E-state index contributed by atoms with van der Waals surface area (Å²) in [7, 11) is -4.34. The molecule has 2 aromatic heterocycles. The molecule has 0 radical (unpaired) electrons. The van der Waals surface area contributed by atoms with E-state index in [2.05, 4.69) is 0 Å². The second-order valence-corrected chi connectivity index (χ2v) is 11.7. The maximum atomic E-state index is 11.7. The Kier molecular flexibility index (Phi) is 6.07. The van der Waals surface area contributed by atoms with Gasteiger partial charge < -0.3 is 19.0 Å². The first-order valence-electron chi connectivity index (χ1n) is 10.1. The Labute approximate surface area is 207 Å². The number of carbonyl (C=O) groups is 1. The van der Waals surface area contributed by atoms with Gasteiger partial charge in [-0.25, -0.2) is 13.2 Å². The fraction of sp³-hybridized carbons (Fsp3) is 0.182. The van der Waals surface area contributed by atoms with Crippen molar-refractivity contribution in [3.05, 3.63) is 57.7 Å². The van der Waals surface area contributed by atoms with E-state index in [-0.39, 0.29) is 13.0 Å². The van der Waals surface area contributed by atoms with E-state index in [1.165, 1.54) is 23.1 Å². The number of furan rings is 1. The quantitative estimate of drug-likeness (QED) is 0.271. The molecule has 4 aromatic rings.